The summed E-state index contributed by atoms with van der Waals surface area (Å²) >= 11 is 0. The molecule has 1 heterocycles. The van der Waals surface area contributed by atoms with E-state index in [-0.39, 0.29) is 24.7 Å². The molecule has 0 spiro atoms. The Morgan fingerprint density at radius 1 is 0.969 bits per heavy atom. The van der Waals surface area contributed by atoms with Crippen molar-refractivity contribution in [3.8, 4) is 0 Å². The van der Waals surface area contributed by atoms with Crippen LogP contribution in [0, 0.1) is 5.92 Å². The molecule has 0 aliphatic rings. The first kappa shape index (κ1) is 23.1. The molecule has 0 unspecified atom stereocenters. The van der Waals surface area contributed by atoms with Crippen molar-refractivity contribution in [2.75, 3.05) is 6.61 Å². The van der Waals surface area contributed by atoms with Gasteiger partial charge in [0.05, 0.1) is 6.61 Å². The predicted octanol–water partition coefficient (Wildman–Crippen LogP) is 4.28. The fraction of sp³-hybridized carbons (Fsp3) is 0.320. The number of hydrogen-bond acceptors (Lipinski definition) is 5. The summed E-state index contributed by atoms with van der Waals surface area (Å²) < 4.78 is 10.6. The van der Waals surface area contributed by atoms with Crippen molar-refractivity contribution in [2.24, 2.45) is 5.92 Å². The maximum atomic E-state index is 13.0. The number of benzene rings is 2. The Morgan fingerprint density at radius 2 is 1.66 bits per heavy atom. The molecule has 0 aliphatic carbocycles. The Labute approximate surface area is 187 Å². The van der Waals surface area contributed by atoms with Gasteiger partial charge in [-0.1, -0.05) is 62.4 Å². The summed E-state index contributed by atoms with van der Waals surface area (Å²) in [5.41, 5.74) is 2.21. The molecule has 1 aromatic heterocycles. The van der Waals surface area contributed by atoms with Crippen LogP contribution < -0.4 is 5.32 Å². The highest BCUT2D eigenvalue weighted by atomic mass is 16.6. The molecule has 0 saturated carbocycles. The lowest BCUT2D eigenvalue weighted by atomic mass is 10.0. The van der Waals surface area contributed by atoms with Crippen LogP contribution in [0.5, 0.6) is 0 Å². The second-order valence-corrected chi connectivity index (χ2v) is 8.06. The Kier molecular flexibility index (Phi) is 7.65. The van der Waals surface area contributed by atoms with Crippen LogP contribution in [0.3, 0.4) is 0 Å². The molecule has 0 bridgehead atoms. The van der Waals surface area contributed by atoms with E-state index in [0.717, 1.165) is 16.5 Å². The smallest absolute Gasteiger partial charge is 0.407 e. The van der Waals surface area contributed by atoms with Crippen molar-refractivity contribution in [3.05, 3.63) is 71.9 Å². The van der Waals surface area contributed by atoms with Crippen LogP contribution >= 0.6 is 0 Å². The number of hydrogen-bond donors (Lipinski definition) is 2. The van der Waals surface area contributed by atoms with Gasteiger partial charge in [-0.2, -0.15) is 0 Å². The van der Waals surface area contributed by atoms with Crippen LogP contribution in [0.25, 0.3) is 10.9 Å². The zero-order valence-corrected chi connectivity index (χ0v) is 18.5. The Balaban J connectivity index is 1.75. The van der Waals surface area contributed by atoms with E-state index in [9.17, 15) is 14.4 Å². The summed E-state index contributed by atoms with van der Waals surface area (Å²) in [7, 11) is 0. The Hall–Kier alpha value is -3.61. The summed E-state index contributed by atoms with van der Waals surface area (Å²) in [6.45, 7) is 5.58. The third-order valence-electron chi connectivity index (χ3n) is 4.94. The van der Waals surface area contributed by atoms with Gasteiger partial charge < -0.3 is 19.8 Å². The number of Topliss-reactive ketones (excluding diaryl/α,β-unsaturated/α-hetero) is 1. The molecule has 3 aromatic rings. The van der Waals surface area contributed by atoms with Crippen LogP contribution in [-0.2, 0) is 20.7 Å². The number of ether oxygens (including phenoxy) is 2. The third kappa shape index (κ3) is 5.97. The first-order valence-electron chi connectivity index (χ1n) is 10.6. The van der Waals surface area contributed by atoms with E-state index in [0.29, 0.717) is 5.56 Å². The van der Waals surface area contributed by atoms with Gasteiger partial charge in [0, 0.05) is 29.1 Å². The minimum atomic E-state index is -1.01. The van der Waals surface area contributed by atoms with Gasteiger partial charge in [-0.05, 0) is 24.5 Å². The Morgan fingerprint density at radius 3 is 2.38 bits per heavy atom. The van der Waals surface area contributed by atoms with Crippen LogP contribution in [0.4, 0.5) is 4.79 Å². The van der Waals surface area contributed by atoms with Crippen LogP contribution in [0.1, 0.15) is 36.7 Å². The van der Waals surface area contributed by atoms with Crippen molar-refractivity contribution in [3.63, 3.8) is 0 Å². The van der Waals surface area contributed by atoms with Crippen molar-refractivity contribution in [1.82, 2.24) is 10.3 Å². The van der Waals surface area contributed by atoms with Crippen molar-refractivity contribution in [1.29, 1.82) is 0 Å². The van der Waals surface area contributed by atoms with Gasteiger partial charge in [0.15, 0.2) is 6.10 Å². The monoisotopic (exact) mass is 436 g/mol. The number of alkyl carbamates (subject to hydrolysis) is 1. The molecule has 3 rings (SSSR count). The second kappa shape index (κ2) is 10.6. The van der Waals surface area contributed by atoms with Gasteiger partial charge in [0.1, 0.15) is 6.04 Å². The van der Waals surface area contributed by atoms with Crippen LogP contribution in [0.15, 0.2) is 60.8 Å². The number of rotatable bonds is 9. The lowest BCUT2D eigenvalue weighted by Gasteiger charge is -2.20. The van der Waals surface area contributed by atoms with Gasteiger partial charge in [-0.3, -0.25) is 4.79 Å². The quantitative estimate of drug-likeness (QED) is 0.386. The molecule has 2 atom stereocenters. The number of esters is 1. The number of nitrogens with one attached hydrogen (secondary N) is 2. The second-order valence-electron chi connectivity index (χ2n) is 8.06. The number of amides is 1. The summed E-state index contributed by atoms with van der Waals surface area (Å²) in [4.78, 5) is 41.0. The number of para-hydroxylation sites is 1. The average molecular weight is 437 g/mol. The highest BCUT2D eigenvalue weighted by molar-refractivity contribution is 6.00. The van der Waals surface area contributed by atoms with E-state index in [2.05, 4.69) is 10.3 Å². The molecule has 7 heteroatoms. The normalized spacial score (nSPS) is 12.9. The fourth-order valence-corrected chi connectivity index (χ4v) is 3.29. The maximum Gasteiger partial charge on any atom is 0.407 e. The van der Waals surface area contributed by atoms with Gasteiger partial charge in [-0.15, -0.1) is 0 Å². The first-order chi connectivity index (χ1) is 15.3. The largest absolute Gasteiger partial charge is 0.453 e. The molecular formula is C25H28N2O5. The summed E-state index contributed by atoms with van der Waals surface area (Å²) in [5, 5.41) is 3.54. The molecule has 2 N–H and O–H groups in total. The molecule has 32 heavy (non-hydrogen) atoms. The molecule has 0 radical (unpaired) electrons. The standard InChI is InChI=1S/C25H28N2O5/c1-16(2)15-31-25(30)27-22(13-19-14-26-21-12-8-7-11-20(19)21)24(29)32-17(3)23(28)18-9-5-4-6-10-18/h4-12,14,16-17,22,26H,13,15H2,1-3H3,(H,27,30)/t17-,22+/m0/s1. The van der Waals surface area contributed by atoms with Gasteiger partial charge in [-0.25, -0.2) is 9.59 Å². The topological polar surface area (TPSA) is 97.5 Å². The number of aromatic amines is 1. The van der Waals surface area contributed by atoms with Crippen molar-refractivity contribution in [2.45, 2.75) is 39.3 Å². The summed E-state index contributed by atoms with van der Waals surface area (Å²) in [6, 6.07) is 15.3. The molecule has 2 aromatic carbocycles. The highest BCUT2D eigenvalue weighted by Crippen LogP contribution is 2.20. The number of carbonyl (C=O) groups is 3. The number of H-pyrrole nitrogens is 1. The van der Waals surface area contributed by atoms with E-state index < -0.39 is 24.2 Å². The number of carbonyl (C=O) groups excluding carboxylic acids is 3. The average Bonchev–Trinajstić information content (AvgIpc) is 3.20. The number of ketones is 1. The summed E-state index contributed by atoms with van der Waals surface area (Å²) in [6.07, 6.45) is 0.280. The van der Waals surface area contributed by atoms with Crippen molar-refractivity contribution < 1.29 is 23.9 Å². The van der Waals surface area contributed by atoms with E-state index in [4.69, 9.17) is 9.47 Å². The fourth-order valence-electron chi connectivity index (χ4n) is 3.29. The minimum Gasteiger partial charge on any atom is -0.453 e. The third-order valence-corrected chi connectivity index (χ3v) is 4.94. The van der Waals surface area contributed by atoms with E-state index in [1.807, 2.05) is 38.1 Å². The lowest BCUT2D eigenvalue weighted by molar-refractivity contribution is -0.148. The molecule has 7 nitrogen and oxygen atoms in total. The van der Waals surface area contributed by atoms with Gasteiger partial charge in [0.25, 0.3) is 0 Å². The molecular weight excluding hydrogens is 408 g/mol. The van der Waals surface area contributed by atoms with Crippen LogP contribution in [0.2, 0.25) is 0 Å². The van der Waals surface area contributed by atoms with Gasteiger partial charge in [0.2, 0.25) is 5.78 Å². The molecule has 0 aliphatic heterocycles. The SMILES string of the molecule is CC(C)COC(=O)N[C@H](Cc1c[nH]c2ccccc12)C(=O)O[C@@H](C)C(=O)c1ccccc1. The predicted molar refractivity (Wildman–Crippen MR) is 121 cm³/mol. The van der Waals surface area contributed by atoms with Gasteiger partial charge >= 0.3 is 12.1 Å². The minimum absolute atomic E-state index is 0.156. The molecule has 0 fully saturated rings. The van der Waals surface area contributed by atoms with E-state index in [1.165, 1.54) is 6.92 Å². The molecule has 0 saturated heterocycles. The zero-order chi connectivity index (χ0) is 23.1. The maximum absolute atomic E-state index is 13.0. The zero-order valence-electron chi connectivity index (χ0n) is 18.5. The van der Waals surface area contributed by atoms with Crippen molar-refractivity contribution >= 4 is 28.7 Å². The number of fused-ring (bicyclic) bond motifs is 1. The Bertz CT molecular complexity index is 1070. The molecule has 1 amide bonds. The molecule has 168 valence electrons. The van der Waals surface area contributed by atoms with Crippen LogP contribution in [-0.4, -0.2) is 41.6 Å². The lowest BCUT2D eigenvalue weighted by Crippen LogP contribution is -2.45. The van der Waals surface area contributed by atoms with E-state index in [1.54, 1.807) is 36.5 Å². The summed E-state index contributed by atoms with van der Waals surface area (Å²) in [5.74, 6) is -0.857. The highest BCUT2D eigenvalue weighted by Gasteiger charge is 2.28. The van der Waals surface area contributed by atoms with E-state index >= 15 is 0 Å². The first-order valence-corrected chi connectivity index (χ1v) is 10.6. The number of aromatic nitrogens is 1.